The van der Waals surface area contributed by atoms with Gasteiger partial charge in [0.25, 0.3) is 0 Å². The lowest BCUT2D eigenvalue weighted by Crippen LogP contribution is -2.00. The van der Waals surface area contributed by atoms with E-state index >= 15 is 0 Å². The van der Waals surface area contributed by atoms with Crippen molar-refractivity contribution in [1.29, 1.82) is 0 Å². The van der Waals surface area contributed by atoms with Crippen molar-refractivity contribution in [2.75, 3.05) is 0 Å². The summed E-state index contributed by atoms with van der Waals surface area (Å²) in [5, 5.41) is 11.3. The molecule has 20 aromatic rings. The van der Waals surface area contributed by atoms with Crippen molar-refractivity contribution in [3.8, 4) is 136 Å². The molecule has 0 unspecified atom stereocenters. The fraction of sp³-hybridized carbons (Fsp3) is 0. The fourth-order valence-electron chi connectivity index (χ4n) is 14.3. The highest BCUT2D eigenvalue weighted by Crippen LogP contribution is 2.39. The van der Waals surface area contributed by atoms with Crippen molar-refractivity contribution < 1.29 is 0 Å². The molecule has 10 heteroatoms. The predicted octanol–water partition coefficient (Wildman–Crippen LogP) is 24.2. The van der Waals surface area contributed by atoms with Crippen LogP contribution in [-0.4, -0.2) is 49.8 Å². The summed E-state index contributed by atoms with van der Waals surface area (Å²) in [6.07, 6.45) is 0. The van der Waals surface area contributed by atoms with Crippen LogP contribution >= 0.6 is 0 Å². The zero-order chi connectivity index (χ0) is 71.7. The summed E-state index contributed by atoms with van der Waals surface area (Å²) in [7, 11) is 0. The maximum atomic E-state index is 5.16. The summed E-state index contributed by atoms with van der Waals surface area (Å²) in [5.41, 5.74) is 20.0. The number of nitrogens with zero attached hydrogens (tertiary/aromatic N) is 10. The van der Waals surface area contributed by atoms with Crippen molar-refractivity contribution in [2.45, 2.75) is 0 Å². The van der Waals surface area contributed by atoms with Crippen LogP contribution in [-0.2, 0) is 0 Å². The minimum Gasteiger partial charge on any atom is -0.241 e. The molecule has 0 saturated carbocycles. The molecule has 0 amide bonds. The number of fused-ring (bicyclic) bond motifs is 8. The number of hydrogen-bond acceptors (Lipinski definition) is 10. The Morgan fingerprint density at radius 2 is 0.407 bits per heavy atom. The smallest absolute Gasteiger partial charge is 0.179 e. The molecule has 108 heavy (non-hydrogen) atoms. The number of aromatic nitrogens is 10. The molecule has 10 nitrogen and oxygen atoms in total. The molecule has 0 aliphatic rings. The number of hydrogen-bond donors (Lipinski definition) is 0. The SMILES string of the molecule is c1ccc(-c2cc(-c3ccc(-c4ccc5ccccc5c4)cc3)nc(-c3cccc(-c4nc(-c5ccccc5)cc(-c5ccc(-c6ccc7ccccc7c6)cc5)n4)n3)n2)cc1.c1ccc(-c2nc(-c3cccc(-c4nc(-c5ccccc5)c5ccc6ccccc6c5n4)n3)nc3c2ccc2ccccc23)cc1. The van der Waals surface area contributed by atoms with Gasteiger partial charge >= 0.3 is 0 Å². The molecule has 0 fully saturated rings. The van der Waals surface area contributed by atoms with Gasteiger partial charge in [0, 0.05) is 54.9 Å². The summed E-state index contributed by atoms with van der Waals surface area (Å²) in [6.45, 7) is 0. The maximum Gasteiger partial charge on any atom is 0.179 e. The number of benzene rings is 14. The lowest BCUT2D eigenvalue weighted by Gasteiger charge is -2.13. The van der Waals surface area contributed by atoms with Gasteiger partial charge in [-0.25, -0.2) is 49.8 Å². The highest BCUT2D eigenvalue weighted by Gasteiger charge is 2.21. The molecule has 504 valence electrons. The Balaban J connectivity index is 0.000000153. The zero-order valence-electron chi connectivity index (χ0n) is 58.3. The fourth-order valence-corrected chi connectivity index (χ4v) is 14.3. The van der Waals surface area contributed by atoms with E-state index in [2.05, 4.69) is 267 Å². The molecule has 0 spiro atoms. The van der Waals surface area contributed by atoms with Gasteiger partial charge in [-0.2, -0.15) is 0 Å². The summed E-state index contributed by atoms with van der Waals surface area (Å²) in [4.78, 5) is 51.3. The van der Waals surface area contributed by atoms with Gasteiger partial charge in [-0.15, -0.1) is 0 Å². The normalized spacial score (nSPS) is 11.3. The molecule has 0 radical (unpaired) electrons. The second kappa shape index (κ2) is 28.1. The molecular formula is C98H62N10. The minimum absolute atomic E-state index is 0.519. The molecule has 14 aromatic carbocycles. The third-order valence-corrected chi connectivity index (χ3v) is 19.8. The van der Waals surface area contributed by atoms with E-state index in [0.29, 0.717) is 46.1 Å². The van der Waals surface area contributed by atoms with Crippen LogP contribution in [0.1, 0.15) is 0 Å². The van der Waals surface area contributed by atoms with Crippen molar-refractivity contribution in [3.63, 3.8) is 0 Å². The topological polar surface area (TPSA) is 129 Å². The van der Waals surface area contributed by atoms with E-state index in [9.17, 15) is 0 Å². The first-order valence-corrected chi connectivity index (χ1v) is 36.0. The molecular weight excluding hydrogens is 1320 g/mol. The van der Waals surface area contributed by atoms with E-state index in [4.69, 9.17) is 49.8 Å². The summed E-state index contributed by atoms with van der Waals surface area (Å²) >= 11 is 0. The highest BCUT2D eigenvalue weighted by atomic mass is 15.0. The highest BCUT2D eigenvalue weighted by molar-refractivity contribution is 6.11. The number of rotatable bonds is 12. The van der Waals surface area contributed by atoms with Crippen LogP contribution in [0.5, 0.6) is 0 Å². The van der Waals surface area contributed by atoms with E-state index in [0.717, 1.165) is 122 Å². The third kappa shape index (κ3) is 12.8. The monoisotopic (exact) mass is 1380 g/mol. The summed E-state index contributed by atoms with van der Waals surface area (Å²) in [6, 6.07) is 129. The average Bonchev–Trinajstić information content (AvgIpc) is 0.759. The standard InChI is InChI=1S/C57H37N5.C41H25N5/c1-3-14-42(15-4-1)52-36-54(44-28-22-40(23-29-44)48-32-26-38-12-7-9-18-46(38)34-48)61-56(59-52)50-20-11-21-51(58-50)57-60-53(43-16-5-2-6-17-43)37-55(62-57)45-30-24-41(25-31-45)49-33-27-39-13-8-10-19-47(39)35-49;1-3-14-28(15-4-1)36-32-24-22-26-12-7-9-18-30(26)38(32)45-40(43-36)34-20-11-21-35(42-34)41-44-37(29-16-5-2-6-17-29)33-25-23-27-13-8-10-19-31(27)39(33)46-41/h1-37H;1-25H. The van der Waals surface area contributed by atoms with Gasteiger partial charge in [0.05, 0.1) is 45.2 Å². The van der Waals surface area contributed by atoms with E-state index in [1.807, 2.05) is 109 Å². The quantitative estimate of drug-likeness (QED) is 0.109. The Labute approximate surface area is 622 Å². The zero-order valence-corrected chi connectivity index (χ0v) is 58.3. The van der Waals surface area contributed by atoms with E-state index in [1.165, 1.54) is 32.7 Å². The van der Waals surface area contributed by atoms with Crippen LogP contribution in [0, 0.1) is 0 Å². The molecule has 0 N–H and O–H groups in total. The van der Waals surface area contributed by atoms with E-state index < -0.39 is 0 Å². The van der Waals surface area contributed by atoms with Gasteiger partial charge in [-0.05, 0) is 115 Å². The Morgan fingerprint density at radius 1 is 0.130 bits per heavy atom. The van der Waals surface area contributed by atoms with Gasteiger partial charge in [0.15, 0.2) is 23.3 Å². The lowest BCUT2D eigenvalue weighted by atomic mass is 9.99. The molecule has 20 rings (SSSR count). The van der Waals surface area contributed by atoms with Crippen LogP contribution in [0.3, 0.4) is 0 Å². The Hall–Kier alpha value is -14.7. The van der Waals surface area contributed by atoms with E-state index in [-0.39, 0.29) is 0 Å². The number of pyridine rings is 2. The lowest BCUT2D eigenvalue weighted by molar-refractivity contribution is 1.12. The van der Waals surface area contributed by atoms with Crippen LogP contribution in [0.2, 0.25) is 0 Å². The molecule has 0 atom stereocenters. The molecule has 6 aromatic heterocycles. The van der Waals surface area contributed by atoms with Crippen LogP contribution < -0.4 is 0 Å². The van der Waals surface area contributed by atoms with Gasteiger partial charge in [0.1, 0.15) is 22.8 Å². The van der Waals surface area contributed by atoms with Crippen molar-refractivity contribution in [1.82, 2.24) is 49.8 Å². The van der Waals surface area contributed by atoms with Gasteiger partial charge < -0.3 is 0 Å². The van der Waals surface area contributed by atoms with Crippen LogP contribution in [0.4, 0.5) is 0 Å². The van der Waals surface area contributed by atoms with Gasteiger partial charge in [-0.3, -0.25) is 0 Å². The Bertz CT molecular complexity index is 6380. The summed E-state index contributed by atoms with van der Waals surface area (Å²) < 4.78 is 0. The van der Waals surface area contributed by atoms with Crippen molar-refractivity contribution in [3.05, 3.63) is 376 Å². The predicted molar refractivity (Wildman–Crippen MR) is 441 cm³/mol. The van der Waals surface area contributed by atoms with Gasteiger partial charge in [-0.1, -0.05) is 315 Å². The average molecular weight is 1380 g/mol. The first-order valence-electron chi connectivity index (χ1n) is 36.0. The van der Waals surface area contributed by atoms with Crippen molar-refractivity contribution >= 4 is 64.9 Å². The molecule has 0 aliphatic heterocycles. The largest absolute Gasteiger partial charge is 0.241 e. The van der Waals surface area contributed by atoms with Crippen LogP contribution in [0.15, 0.2) is 376 Å². The molecule has 0 bridgehead atoms. The maximum absolute atomic E-state index is 5.16. The van der Waals surface area contributed by atoms with Crippen LogP contribution in [0.25, 0.3) is 201 Å². The third-order valence-electron chi connectivity index (χ3n) is 19.8. The molecule has 0 saturated heterocycles. The Kier molecular flexibility index (Phi) is 16.7. The molecule has 6 heterocycles. The Morgan fingerprint density at radius 3 is 0.778 bits per heavy atom. The minimum atomic E-state index is 0.519. The van der Waals surface area contributed by atoms with E-state index in [1.54, 1.807) is 0 Å². The first kappa shape index (κ1) is 64.1. The second-order valence-electron chi connectivity index (χ2n) is 26.6. The second-order valence-corrected chi connectivity index (χ2v) is 26.6. The van der Waals surface area contributed by atoms with Crippen molar-refractivity contribution in [2.24, 2.45) is 0 Å². The summed E-state index contributed by atoms with van der Waals surface area (Å²) in [5.74, 6) is 2.15. The van der Waals surface area contributed by atoms with Gasteiger partial charge in [0.2, 0.25) is 0 Å². The molecule has 0 aliphatic carbocycles. The first-order chi connectivity index (χ1) is 53.5.